The summed E-state index contributed by atoms with van der Waals surface area (Å²) in [7, 11) is 1.52. The van der Waals surface area contributed by atoms with Crippen LogP contribution >= 0.6 is 11.6 Å². The van der Waals surface area contributed by atoms with E-state index in [9.17, 15) is 18.8 Å². The van der Waals surface area contributed by atoms with Crippen LogP contribution in [-0.4, -0.2) is 57.6 Å². The van der Waals surface area contributed by atoms with Gasteiger partial charge < -0.3 is 19.8 Å². The maximum atomic E-state index is 14.7. The number of ketones is 1. The topological polar surface area (TPSA) is 140 Å². The maximum absolute atomic E-state index is 14.7. The van der Waals surface area contributed by atoms with Gasteiger partial charge in [-0.3, -0.25) is 19.5 Å². The van der Waals surface area contributed by atoms with Crippen LogP contribution in [-0.2, 0) is 20.7 Å². The van der Waals surface area contributed by atoms with Crippen LogP contribution in [0.5, 0.6) is 0 Å². The molecular formula is C32H34ClFN6O5. The second-order valence-corrected chi connectivity index (χ2v) is 11.3. The molecule has 2 aromatic heterocycles. The molecule has 0 fully saturated rings. The van der Waals surface area contributed by atoms with Crippen molar-refractivity contribution in [3.8, 4) is 16.9 Å². The molecule has 1 aliphatic rings. The summed E-state index contributed by atoms with van der Waals surface area (Å²) in [6, 6.07) is 9.38. The molecule has 1 aliphatic heterocycles. The Hall–Kier alpha value is -4.55. The molecule has 2 amide bonds. The van der Waals surface area contributed by atoms with E-state index in [0.717, 1.165) is 5.56 Å². The molecule has 0 saturated heterocycles. The second-order valence-electron chi connectivity index (χ2n) is 10.9. The van der Waals surface area contributed by atoms with Gasteiger partial charge in [0.1, 0.15) is 30.2 Å². The first-order valence-corrected chi connectivity index (χ1v) is 15.0. The summed E-state index contributed by atoms with van der Waals surface area (Å²) in [4.78, 5) is 51.2. The van der Waals surface area contributed by atoms with Crippen molar-refractivity contribution in [2.75, 3.05) is 25.6 Å². The fraction of sp³-hybridized carbons (Fsp3) is 0.344. The highest BCUT2D eigenvalue weighted by atomic mass is 35.5. The van der Waals surface area contributed by atoms with Crippen LogP contribution in [0.2, 0.25) is 5.02 Å². The lowest BCUT2D eigenvalue weighted by atomic mass is 9.91. The first kappa shape index (κ1) is 31.9. The van der Waals surface area contributed by atoms with Gasteiger partial charge in [-0.25, -0.2) is 19.2 Å². The third-order valence-corrected chi connectivity index (χ3v) is 8.13. The van der Waals surface area contributed by atoms with Crippen molar-refractivity contribution in [2.45, 2.75) is 45.6 Å². The Morgan fingerprint density at radius 1 is 1.20 bits per heavy atom. The number of benzene rings is 2. The van der Waals surface area contributed by atoms with E-state index in [2.05, 4.69) is 20.6 Å². The second kappa shape index (κ2) is 14.0. The Morgan fingerprint density at radius 2 is 2.02 bits per heavy atom. The van der Waals surface area contributed by atoms with Gasteiger partial charge in [-0.05, 0) is 49.6 Å². The van der Waals surface area contributed by atoms with E-state index in [1.54, 1.807) is 43.5 Å². The first-order chi connectivity index (χ1) is 21.7. The Balaban J connectivity index is 1.41. The van der Waals surface area contributed by atoms with Crippen LogP contribution < -0.4 is 10.6 Å². The van der Waals surface area contributed by atoms with E-state index in [4.69, 9.17) is 26.1 Å². The van der Waals surface area contributed by atoms with E-state index in [1.807, 2.05) is 6.92 Å². The van der Waals surface area contributed by atoms with Crippen LogP contribution in [0, 0.1) is 18.7 Å². The monoisotopic (exact) mass is 636 g/mol. The summed E-state index contributed by atoms with van der Waals surface area (Å²) in [5.74, 6) is -0.672. The van der Waals surface area contributed by atoms with Gasteiger partial charge in [-0.15, -0.1) is 0 Å². The largest absolute Gasteiger partial charge is 0.447 e. The van der Waals surface area contributed by atoms with Gasteiger partial charge in [0.2, 0.25) is 0 Å². The van der Waals surface area contributed by atoms with Crippen LogP contribution in [0.3, 0.4) is 0 Å². The van der Waals surface area contributed by atoms with Crippen molar-refractivity contribution in [2.24, 2.45) is 5.92 Å². The van der Waals surface area contributed by atoms with Crippen molar-refractivity contribution in [3.63, 3.8) is 0 Å². The number of ether oxygens (including phenoxy) is 2. The average molecular weight is 637 g/mol. The van der Waals surface area contributed by atoms with Crippen LogP contribution in [0.15, 0.2) is 48.9 Å². The molecule has 2 bridgehead atoms. The minimum absolute atomic E-state index is 0.0318. The number of anilines is 1. The lowest BCUT2D eigenvalue weighted by molar-refractivity contribution is -0.121. The zero-order chi connectivity index (χ0) is 32.1. The van der Waals surface area contributed by atoms with E-state index < -0.39 is 23.9 Å². The molecular weight excluding hydrogens is 603 g/mol. The smallest absolute Gasteiger partial charge is 0.411 e. The molecule has 2 atom stereocenters. The molecule has 0 unspecified atom stereocenters. The number of hydrogen-bond donors (Lipinski definition) is 3. The number of methoxy groups -OCH3 is 1. The number of fused-ring (bicyclic) bond motifs is 4. The van der Waals surface area contributed by atoms with Crippen molar-refractivity contribution in [1.29, 1.82) is 0 Å². The van der Waals surface area contributed by atoms with Gasteiger partial charge in [0.15, 0.2) is 5.82 Å². The lowest BCUT2D eigenvalue weighted by Gasteiger charge is -2.19. The minimum atomic E-state index is -0.627. The third-order valence-electron chi connectivity index (χ3n) is 7.84. The molecule has 45 heavy (non-hydrogen) atoms. The molecule has 13 heteroatoms. The van der Waals surface area contributed by atoms with E-state index in [-0.39, 0.29) is 47.7 Å². The number of aromatic nitrogens is 4. The van der Waals surface area contributed by atoms with Crippen LogP contribution in [0.25, 0.3) is 16.9 Å². The van der Waals surface area contributed by atoms with Gasteiger partial charge in [-0.1, -0.05) is 37.1 Å². The molecule has 236 valence electrons. The number of imidazole rings is 2. The molecule has 4 aromatic rings. The summed E-state index contributed by atoms with van der Waals surface area (Å²) >= 11 is 5.97. The molecule has 11 nitrogen and oxygen atoms in total. The van der Waals surface area contributed by atoms with E-state index in [0.29, 0.717) is 47.7 Å². The standard InChI is InChI=1S/C32H34ClFN6O5/c1-18-6-4-8-24(39-31(42)29-19(2)40(17-36-29)26-9-5-7-23(33)28(26)34)30-35-16-25(38-30)22-11-10-21(14-20(22)15-27(18)41)37-32(43)45-13-12-44-3/h5,7,9-11,14,16-18,24H,4,6,8,12-13,15H2,1-3H3,(H,35,38)(H,37,43)(H,39,42)/t18-,24+/m1/s1. The van der Waals surface area contributed by atoms with Crippen molar-refractivity contribution < 1.29 is 28.2 Å². The SMILES string of the molecule is COCCOC(=O)Nc1ccc2c(c1)CC(=O)[C@H](C)CCC[C@H](NC(=O)c1ncn(-c3cccc(Cl)c3F)c1C)c1nc-2c[nH]1. The summed E-state index contributed by atoms with van der Waals surface area (Å²) in [6.07, 6.45) is 4.45. The van der Waals surface area contributed by atoms with E-state index in [1.165, 1.54) is 24.1 Å². The quantitative estimate of drug-likeness (QED) is 0.213. The number of hydrogen-bond acceptors (Lipinski definition) is 7. The van der Waals surface area contributed by atoms with Gasteiger partial charge in [0.05, 0.1) is 34.7 Å². The summed E-state index contributed by atoms with van der Waals surface area (Å²) in [6.45, 7) is 3.96. The predicted molar refractivity (Wildman–Crippen MR) is 166 cm³/mol. The number of rotatable bonds is 7. The Kier molecular flexibility index (Phi) is 9.94. The number of carbonyl (C=O) groups excluding carboxylic acids is 3. The number of nitrogens with one attached hydrogen (secondary N) is 3. The van der Waals surface area contributed by atoms with Gasteiger partial charge in [-0.2, -0.15) is 0 Å². The predicted octanol–water partition coefficient (Wildman–Crippen LogP) is 5.96. The third kappa shape index (κ3) is 7.23. The average Bonchev–Trinajstić information content (AvgIpc) is 3.65. The van der Waals surface area contributed by atoms with Crippen molar-refractivity contribution >= 4 is 35.1 Å². The number of aromatic amines is 1. The van der Waals surface area contributed by atoms with E-state index >= 15 is 0 Å². The maximum Gasteiger partial charge on any atom is 0.411 e. The molecule has 2 aromatic carbocycles. The molecule has 5 rings (SSSR count). The molecule has 0 spiro atoms. The van der Waals surface area contributed by atoms with Gasteiger partial charge in [0.25, 0.3) is 5.91 Å². The Morgan fingerprint density at radius 3 is 2.82 bits per heavy atom. The Labute approximate surface area is 264 Å². The van der Waals surface area contributed by atoms with Crippen molar-refractivity contribution in [3.05, 3.63) is 82.5 Å². The Bertz CT molecular complexity index is 1720. The van der Waals surface area contributed by atoms with Crippen molar-refractivity contribution in [1.82, 2.24) is 24.8 Å². The van der Waals surface area contributed by atoms with Gasteiger partial charge in [0, 0.05) is 36.9 Å². The highest BCUT2D eigenvalue weighted by Gasteiger charge is 2.26. The number of amides is 2. The number of nitrogens with zero attached hydrogens (tertiary/aromatic N) is 3. The zero-order valence-corrected chi connectivity index (χ0v) is 25.9. The zero-order valence-electron chi connectivity index (χ0n) is 25.2. The lowest BCUT2D eigenvalue weighted by Crippen LogP contribution is -2.30. The van der Waals surface area contributed by atoms with Crippen LogP contribution in [0.1, 0.15) is 59.8 Å². The molecule has 3 heterocycles. The minimum Gasteiger partial charge on any atom is -0.447 e. The number of halogens is 2. The number of carbonyl (C=O) groups is 3. The summed E-state index contributed by atoms with van der Waals surface area (Å²) in [5.41, 5.74) is 3.27. The molecule has 3 N–H and O–H groups in total. The summed E-state index contributed by atoms with van der Waals surface area (Å²) < 4.78 is 26.2. The highest BCUT2D eigenvalue weighted by molar-refractivity contribution is 6.30. The number of Topliss-reactive ketones (excluding diaryl/α,β-unsaturated/α-hetero) is 1. The fourth-order valence-corrected chi connectivity index (χ4v) is 5.47. The number of H-pyrrole nitrogens is 1. The molecule has 0 aliphatic carbocycles. The first-order valence-electron chi connectivity index (χ1n) is 14.6. The van der Waals surface area contributed by atoms with Crippen LogP contribution in [0.4, 0.5) is 14.9 Å². The molecule has 0 radical (unpaired) electrons. The normalized spacial score (nSPS) is 16.7. The van der Waals surface area contributed by atoms with Gasteiger partial charge >= 0.3 is 6.09 Å². The summed E-state index contributed by atoms with van der Waals surface area (Å²) in [5, 5.41) is 5.69. The molecule has 0 saturated carbocycles. The highest BCUT2D eigenvalue weighted by Crippen LogP contribution is 2.31. The fourth-order valence-electron chi connectivity index (χ4n) is 5.30.